The molecule has 2 aromatic rings. The molecule has 0 saturated carbocycles. The Bertz CT molecular complexity index is 875. The summed E-state index contributed by atoms with van der Waals surface area (Å²) in [6.07, 6.45) is 0. The van der Waals surface area contributed by atoms with E-state index in [9.17, 15) is 18.3 Å². The summed E-state index contributed by atoms with van der Waals surface area (Å²) in [4.78, 5) is 11.7. The standard InChI is InChI=1S/C19H22O5S/c1-19(2,3)14-6-8-15(9-7-14)25(22,23)12-13-5-10-16(17(20)11-13)18(21)24-4/h5-11,20H,12H2,1-4H3. The highest BCUT2D eigenvalue weighted by molar-refractivity contribution is 7.90. The van der Waals surface area contributed by atoms with Crippen molar-refractivity contribution in [3.8, 4) is 5.75 Å². The van der Waals surface area contributed by atoms with Gasteiger partial charge in [-0.1, -0.05) is 39.0 Å². The van der Waals surface area contributed by atoms with Gasteiger partial charge in [-0.25, -0.2) is 13.2 Å². The summed E-state index contributed by atoms with van der Waals surface area (Å²) in [6, 6.07) is 10.9. The third-order valence-electron chi connectivity index (χ3n) is 3.90. The molecule has 0 radical (unpaired) electrons. The summed E-state index contributed by atoms with van der Waals surface area (Å²) in [5.74, 6) is -1.25. The summed E-state index contributed by atoms with van der Waals surface area (Å²) in [7, 11) is -2.35. The van der Waals surface area contributed by atoms with E-state index in [0.29, 0.717) is 5.56 Å². The molecule has 1 N–H and O–H groups in total. The molecule has 0 saturated heterocycles. The number of carbonyl (C=O) groups excluding carboxylic acids is 1. The predicted molar refractivity (Wildman–Crippen MR) is 95.5 cm³/mol. The summed E-state index contributed by atoms with van der Waals surface area (Å²) >= 11 is 0. The van der Waals surface area contributed by atoms with E-state index in [-0.39, 0.29) is 27.4 Å². The molecule has 0 aliphatic heterocycles. The van der Waals surface area contributed by atoms with Crippen molar-refractivity contribution in [2.24, 2.45) is 0 Å². The number of benzene rings is 2. The Hall–Kier alpha value is -2.34. The summed E-state index contributed by atoms with van der Waals surface area (Å²) in [5, 5.41) is 9.89. The van der Waals surface area contributed by atoms with Crippen LogP contribution >= 0.6 is 0 Å². The van der Waals surface area contributed by atoms with Crippen LogP contribution < -0.4 is 0 Å². The zero-order chi connectivity index (χ0) is 18.8. The third-order valence-corrected chi connectivity index (χ3v) is 5.61. The van der Waals surface area contributed by atoms with Gasteiger partial charge in [0.2, 0.25) is 0 Å². The molecule has 0 bridgehead atoms. The molecule has 2 aromatic carbocycles. The van der Waals surface area contributed by atoms with E-state index in [4.69, 9.17) is 0 Å². The van der Waals surface area contributed by atoms with Crippen LogP contribution in [-0.2, 0) is 25.7 Å². The molecule has 0 aromatic heterocycles. The van der Waals surface area contributed by atoms with E-state index < -0.39 is 15.8 Å². The molecule has 2 rings (SSSR count). The number of aromatic hydroxyl groups is 1. The van der Waals surface area contributed by atoms with Crippen LogP contribution in [0, 0.1) is 0 Å². The second kappa shape index (κ2) is 6.88. The van der Waals surface area contributed by atoms with Crippen LogP contribution in [0.1, 0.15) is 42.3 Å². The molecule has 6 heteroatoms. The predicted octanol–water partition coefficient (Wildman–Crippen LogP) is 3.45. The van der Waals surface area contributed by atoms with Gasteiger partial charge >= 0.3 is 5.97 Å². The average Bonchev–Trinajstić information content (AvgIpc) is 2.53. The van der Waals surface area contributed by atoms with Crippen molar-refractivity contribution in [1.29, 1.82) is 0 Å². The van der Waals surface area contributed by atoms with Gasteiger partial charge in [-0.2, -0.15) is 0 Å². The summed E-state index contributed by atoms with van der Waals surface area (Å²) < 4.78 is 29.7. The Kier molecular flexibility index (Phi) is 5.23. The largest absolute Gasteiger partial charge is 0.507 e. The van der Waals surface area contributed by atoms with Crippen molar-refractivity contribution in [1.82, 2.24) is 0 Å². The molecule has 0 spiro atoms. The Labute approximate surface area is 148 Å². The molecule has 0 heterocycles. The van der Waals surface area contributed by atoms with Crippen molar-refractivity contribution in [2.45, 2.75) is 36.8 Å². The Morgan fingerprint density at radius 3 is 2.16 bits per heavy atom. The number of phenols is 1. The van der Waals surface area contributed by atoms with Gasteiger partial charge in [0.25, 0.3) is 0 Å². The third kappa shape index (κ3) is 4.39. The minimum atomic E-state index is -3.56. The van der Waals surface area contributed by atoms with E-state index in [1.165, 1.54) is 25.3 Å². The van der Waals surface area contributed by atoms with Crippen LogP contribution in [0.5, 0.6) is 5.75 Å². The molecule has 134 valence electrons. The highest BCUT2D eigenvalue weighted by Gasteiger charge is 2.19. The molecular formula is C19H22O5S. The van der Waals surface area contributed by atoms with E-state index in [1.54, 1.807) is 12.1 Å². The zero-order valence-electron chi connectivity index (χ0n) is 14.7. The minimum Gasteiger partial charge on any atom is -0.507 e. The lowest BCUT2D eigenvalue weighted by molar-refractivity contribution is 0.0597. The maximum atomic E-state index is 12.6. The number of hydrogen-bond donors (Lipinski definition) is 1. The van der Waals surface area contributed by atoms with Crippen molar-refractivity contribution in [3.05, 3.63) is 59.2 Å². The molecular weight excluding hydrogens is 340 g/mol. The second-order valence-electron chi connectivity index (χ2n) is 6.88. The van der Waals surface area contributed by atoms with Crippen molar-refractivity contribution >= 4 is 15.8 Å². The van der Waals surface area contributed by atoms with Crippen molar-refractivity contribution in [2.75, 3.05) is 7.11 Å². The number of sulfone groups is 1. The molecule has 0 fully saturated rings. The number of carbonyl (C=O) groups is 1. The number of phenolic OH excluding ortho intramolecular Hbond substituents is 1. The maximum absolute atomic E-state index is 12.6. The van der Waals surface area contributed by atoms with Gasteiger partial charge in [-0.15, -0.1) is 0 Å². The SMILES string of the molecule is COC(=O)c1ccc(CS(=O)(=O)c2ccc(C(C)(C)C)cc2)cc1O. The summed E-state index contributed by atoms with van der Waals surface area (Å²) in [5.41, 5.74) is 1.38. The van der Waals surface area contributed by atoms with Crippen LogP contribution in [0.4, 0.5) is 0 Å². The number of rotatable bonds is 4. The van der Waals surface area contributed by atoms with Gasteiger partial charge in [0.05, 0.1) is 17.8 Å². The Balaban J connectivity index is 2.27. The van der Waals surface area contributed by atoms with Crippen molar-refractivity contribution < 1.29 is 23.1 Å². The highest BCUT2D eigenvalue weighted by atomic mass is 32.2. The molecule has 0 unspecified atom stereocenters. The topological polar surface area (TPSA) is 80.7 Å². The Morgan fingerprint density at radius 2 is 1.68 bits per heavy atom. The first-order chi connectivity index (χ1) is 11.5. The first-order valence-corrected chi connectivity index (χ1v) is 9.43. The second-order valence-corrected chi connectivity index (χ2v) is 8.87. The average molecular weight is 362 g/mol. The van der Waals surface area contributed by atoms with E-state index in [1.807, 2.05) is 12.1 Å². The van der Waals surface area contributed by atoms with Gasteiger partial charge in [-0.05, 0) is 40.8 Å². The van der Waals surface area contributed by atoms with E-state index >= 15 is 0 Å². The monoisotopic (exact) mass is 362 g/mol. The number of ether oxygens (including phenoxy) is 1. The molecule has 5 nitrogen and oxygen atoms in total. The lowest BCUT2D eigenvalue weighted by Crippen LogP contribution is -2.12. The highest BCUT2D eigenvalue weighted by Crippen LogP contribution is 2.26. The minimum absolute atomic E-state index is 0.00169. The van der Waals surface area contributed by atoms with Crippen LogP contribution in [-0.4, -0.2) is 26.6 Å². The fraction of sp³-hybridized carbons (Fsp3) is 0.316. The molecule has 0 aliphatic rings. The first-order valence-electron chi connectivity index (χ1n) is 7.78. The lowest BCUT2D eigenvalue weighted by atomic mass is 9.87. The van der Waals surface area contributed by atoms with E-state index in [2.05, 4.69) is 25.5 Å². The zero-order valence-corrected chi connectivity index (χ0v) is 15.6. The molecule has 0 atom stereocenters. The maximum Gasteiger partial charge on any atom is 0.341 e. The van der Waals surface area contributed by atoms with Crippen molar-refractivity contribution in [3.63, 3.8) is 0 Å². The number of hydrogen-bond acceptors (Lipinski definition) is 5. The van der Waals surface area contributed by atoms with Crippen LogP contribution in [0.3, 0.4) is 0 Å². The quantitative estimate of drug-likeness (QED) is 0.843. The molecule has 0 aliphatic carbocycles. The Morgan fingerprint density at radius 1 is 1.08 bits per heavy atom. The summed E-state index contributed by atoms with van der Waals surface area (Å²) in [6.45, 7) is 6.17. The fourth-order valence-electron chi connectivity index (χ4n) is 2.41. The van der Waals surface area contributed by atoms with Crippen LogP contribution in [0.15, 0.2) is 47.4 Å². The smallest absolute Gasteiger partial charge is 0.341 e. The van der Waals surface area contributed by atoms with E-state index in [0.717, 1.165) is 5.56 Å². The van der Waals surface area contributed by atoms with Gasteiger partial charge in [0, 0.05) is 0 Å². The van der Waals surface area contributed by atoms with Gasteiger partial charge in [0.15, 0.2) is 9.84 Å². The first kappa shape index (κ1) is 19.0. The van der Waals surface area contributed by atoms with Gasteiger partial charge in [0.1, 0.15) is 11.3 Å². The molecule has 25 heavy (non-hydrogen) atoms. The van der Waals surface area contributed by atoms with Gasteiger partial charge < -0.3 is 9.84 Å². The normalized spacial score (nSPS) is 12.0. The molecule has 0 amide bonds. The van der Waals surface area contributed by atoms with Crippen LogP contribution in [0.25, 0.3) is 0 Å². The fourth-order valence-corrected chi connectivity index (χ4v) is 3.75. The van der Waals surface area contributed by atoms with Gasteiger partial charge in [-0.3, -0.25) is 0 Å². The number of esters is 1. The lowest BCUT2D eigenvalue weighted by Gasteiger charge is -2.19. The van der Waals surface area contributed by atoms with Crippen LogP contribution in [0.2, 0.25) is 0 Å². The number of methoxy groups -OCH3 is 1.